The number of hydrogen-bond donors (Lipinski definition) is 0. The van der Waals surface area contributed by atoms with Gasteiger partial charge in [0.15, 0.2) is 5.82 Å². The minimum atomic E-state index is -0.114. The first kappa shape index (κ1) is 15.9. The van der Waals surface area contributed by atoms with Crippen molar-refractivity contribution < 1.29 is 9.26 Å². The molecule has 0 spiro atoms. The minimum Gasteiger partial charge on any atom is -0.475 e. The Labute approximate surface area is 138 Å². The van der Waals surface area contributed by atoms with Crippen molar-refractivity contribution in [1.29, 1.82) is 0 Å². The Morgan fingerprint density at radius 2 is 2.21 bits per heavy atom. The second kappa shape index (κ2) is 7.08. The molecule has 24 heavy (non-hydrogen) atoms. The number of hydrogen-bond acceptors (Lipinski definition) is 6. The molecule has 7 nitrogen and oxygen atoms in total. The average molecular weight is 326 g/mol. The lowest BCUT2D eigenvalue weighted by Crippen LogP contribution is -2.18. The Morgan fingerprint density at radius 1 is 1.33 bits per heavy atom. The van der Waals surface area contributed by atoms with Crippen LogP contribution < -0.4 is 10.3 Å². The summed E-state index contributed by atoms with van der Waals surface area (Å²) >= 11 is 0. The summed E-state index contributed by atoms with van der Waals surface area (Å²) in [6.07, 6.45) is 4.29. The zero-order valence-corrected chi connectivity index (χ0v) is 13.5. The molecule has 0 aliphatic carbocycles. The van der Waals surface area contributed by atoms with Crippen LogP contribution in [0.3, 0.4) is 0 Å². The highest BCUT2D eigenvalue weighted by Gasteiger charge is 2.12. The van der Waals surface area contributed by atoms with E-state index in [2.05, 4.69) is 15.1 Å². The van der Waals surface area contributed by atoms with Gasteiger partial charge < -0.3 is 13.8 Å². The van der Waals surface area contributed by atoms with Gasteiger partial charge in [-0.2, -0.15) is 4.98 Å². The second-order valence-electron chi connectivity index (χ2n) is 5.40. The van der Waals surface area contributed by atoms with Crippen molar-refractivity contribution in [3.63, 3.8) is 0 Å². The normalized spacial score (nSPS) is 12.1. The summed E-state index contributed by atoms with van der Waals surface area (Å²) in [7, 11) is 0. The standard InChI is InChI=1S/C17H18N4O3/c1-3-12(2)23-15-10-13(7-8-18-15)17-19-14(20-24-17)11-21-9-5-4-6-16(21)22/h4-10,12H,3,11H2,1-2H3. The molecule has 0 fully saturated rings. The van der Waals surface area contributed by atoms with Gasteiger partial charge in [-0.1, -0.05) is 18.1 Å². The Kier molecular flexibility index (Phi) is 4.69. The average Bonchev–Trinajstić information content (AvgIpc) is 3.06. The Morgan fingerprint density at radius 3 is 3.00 bits per heavy atom. The maximum atomic E-state index is 11.7. The van der Waals surface area contributed by atoms with Gasteiger partial charge in [-0.15, -0.1) is 0 Å². The smallest absolute Gasteiger partial charge is 0.258 e. The maximum absolute atomic E-state index is 11.7. The van der Waals surface area contributed by atoms with Gasteiger partial charge in [0.05, 0.1) is 12.6 Å². The van der Waals surface area contributed by atoms with Crippen molar-refractivity contribution in [2.24, 2.45) is 0 Å². The molecule has 0 aromatic carbocycles. The molecule has 0 bridgehead atoms. The summed E-state index contributed by atoms with van der Waals surface area (Å²) in [6.45, 7) is 4.28. The highest BCUT2D eigenvalue weighted by Crippen LogP contribution is 2.21. The molecule has 124 valence electrons. The van der Waals surface area contributed by atoms with Gasteiger partial charge in [-0.25, -0.2) is 4.98 Å². The van der Waals surface area contributed by atoms with Crippen molar-refractivity contribution in [2.45, 2.75) is 32.9 Å². The molecule has 0 aliphatic heterocycles. The van der Waals surface area contributed by atoms with Crippen LogP contribution in [0.15, 0.2) is 52.0 Å². The topological polar surface area (TPSA) is 83.0 Å². The molecule has 0 saturated carbocycles. The fourth-order valence-corrected chi connectivity index (χ4v) is 2.08. The molecule has 0 saturated heterocycles. The molecular weight excluding hydrogens is 308 g/mol. The number of rotatable bonds is 6. The molecule has 0 radical (unpaired) electrons. The van der Waals surface area contributed by atoms with Crippen LogP contribution in [0.4, 0.5) is 0 Å². The van der Waals surface area contributed by atoms with Gasteiger partial charge in [0.2, 0.25) is 5.88 Å². The van der Waals surface area contributed by atoms with E-state index >= 15 is 0 Å². The van der Waals surface area contributed by atoms with Gasteiger partial charge in [0.1, 0.15) is 0 Å². The monoisotopic (exact) mass is 326 g/mol. The van der Waals surface area contributed by atoms with Crippen molar-refractivity contribution >= 4 is 0 Å². The van der Waals surface area contributed by atoms with Crippen LogP contribution in [0.2, 0.25) is 0 Å². The molecule has 0 amide bonds. The highest BCUT2D eigenvalue weighted by atomic mass is 16.5. The predicted molar refractivity (Wildman–Crippen MR) is 87.7 cm³/mol. The van der Waals surface area contributed by atoms with E-state index in [4.69, 9.17) is 9.26 Å². The molecule has 1 atom stereocenters. The van der Waals surface area contributed by atoms with Crippen LogP contribution in [-0.4, -0.2) is 25.8 Å². The maximum Gasteiger partial charge on any atom is 0.258 e. The largest absolute Gasteiger partial charge is 0.475 e. The first-order valence-electron chi connectivity index (χ1n) is 7.77. The van der Waals surface area contributed by atoms with E-state index in [1.165, 1.54) is 10.6 Å². The van der Waals surface area contributed by atoms with E-state index in [0.29, 0.717) is 17.6 Å². The summed E-state index contributed by atoms with van der Waals surface area (Å²) < 4.78 is 12.5. The predicted octanol–water partition coefficient (Wildman–Crippen LogP) is 2.52. The summed E-state index contributed by atoms with van der Waals surface area (Å²) in [5.74, 6) is 1.31. The van der Waals surface area contributed by atoms with Gasteiger partial charge in [-0.05, 0) is 25.5 Å². The summed E-state index contributed by atoms with van der Waals surface area (Å²) in [6, 6.07) is 8.50. The third kappa shape index (κ3) is 3.68. The van der Waals surface area contributed by atoms with Crippen LogP contribution in [0, 0.1) is 0 Å². The van der Waals surface area contributed by atoms with Crippen LogP contribution in [0.25, 0.3) is 11.5 Å². The van der Waals surface area contributed by atoms with Crippen LogP contribution in [-0.2, 0) is 6.54 Å². The zero-order valence-electron chi connectivity index (χ0n) is 13.5. The molecule has 7 heteroatoms. The fraction of sp³-hybridized carbons (Fsp3) is 0.294. The van der Waals surface area contributed by atoms with E-state index in [9.17, 15) is 4.79 Å². The first-order valence-corrected chi connectivity index (χ1v) is 7.77. The van der Waals surface area contributed by atoms with E-state index < -0.39 is 0 Å². The van der Waals surface area contributed by atoms with Gasteiger partial charge >= 0.3 is 0 Å². The van der Waals surface area contributed by atoms with E-state index in [1.807, 2.05) is 13.8 Å². The Bertz CT molecular complexity index is 872. The third-order valence-corrected chi connectivity index (χ3v) is 3.56. The van der Waals surface area contributed by atoms with Crippen molar-refractivity contribution in [3.8, 4) is 17.3 Å². The molecule has 1 unspecified atom stereocenters. The quantitative estimate of drug-likeness (QED) is 0.692. The molecule has 0 N–H and O–H groups in total. The summed E-state index contributed by atoms with van der Waals surface area (Å²) in [5.41, 5.74) is 0.611. The molecule has 3 aromatic rings. The third-order valence-electron chi connectivity index (χ3n) is 3.56. The Balaban J connectivity index is 1.79. The molecular formula is C17H18N4O3. The van der Waals surface area contributed by atoms with Crippen LogP contribution in [0.1, 0.15) is 26.1 Å². The number of pyridine rings is 2. The highest BCUT2D eigenvalue weighted by molar-refractivity contribution is 5.53. The van der Waals surface area contributed by atoms with Crippen molar-refractivity contribution in [2.75, 3.05) is 0 Å². The van der Waals surface area contributed by atoms with E-state index in [0.717, 1.165) is 12.0 Å². The van der Waals surface area contributed by atoms with Gasteiger partial charge in [-0.3, -0.25) is 4.79 Å². The van der Waals surface area contributed by atoms with Crippen LogP contribution >= 0.6 is 0 Å². The first-order chi connectivity index (χ1) is 11.7. The van der Waals surface area contributed by atoms with E-state index in [-0.39, 0.29) is 18.2 Å². The van der Waals surface area contributed by atoms with Gasteiger partial charge in [0.25, 0.3) is 11.4 Å². The molecule has 3 rings (SSSR count). The van der Waals surface area contributed by atoms with Gasteiger partial charge in [0, 0.05) is 30.1 Å². The minimum absolute atomic E-state index is 0.0796. The lowest BCUT2D eigenvalue weighted by molar-refractivity contribution is 0.208. The molecule has 3 heterocycles. The van der Waals surface area contributed by atoms with Crippen molar-refractivity contribution in [1.82, 2.24) is 19.7 Å². The summed E-state index contributed by atoms with van der Waals surface area (Å²) in [4.78, 5) is 20.2. The lowest BCUT2D eigenvalue weighted by Gasteiger charge is -2.11. The van der Waals surface area contributed by atoms with Crippen molar-refractivity contribution in [3.05, 3.63) is 58.9 Å². The molecule has 3 aromatic heterocycles. The second-order valence-corrected chi connectivity index (χ2v) is 5.40. The Hall–Kier alpha value is -2.96. The number of aromatic nitrogens is 4. The number of ether oxygens (including phenoxy) is 1. The van der Waals surface area contributed by atoms with Crippen LogP contribution in [0.5, 0.6) is 5.88 Å². The zero-order chi connectivity index (χ0) is 16.9. The lowest BCUT2D eigenvalue weighted by atomic mass is 10.2. The summed E-state index contributed by atoms with van der Waals surface area (Å²) in [5, 5.41) is 3.93. The number of nitrogens with zero attached hydrogens (tertiary/aromatic N) is 4. The SMILES string of the molecule is CCC(C)Oc1cc(-c2nc(Cn3ccccc3=O)no2)ccn1. The molecule has 0 aliphatic rings. The van der Waals surface area contributed by atoms with E-state index in [1.54, 1.807) is 36.7 Å². The fourth-order valence-electron chi connectivity index (χ4n) is 2.08.